The third kappa shape index (κ3) is 1.86. The molecule has 0 aliphatic heterocycles. The van der Waals surface area contributed by atoms with Crippen LogP contribution in [-0.4, -0.2) is 19.9 Å². The van der Waals surface area contributed by atoms with Crippen molar-refractivity contribution in [2.75, 3.05) is 0 Å². The van der Waals surface area contributed by atoms with E-state index in [1.54, 1.807) is 0 Å². The Kier molecular flexibility index (Phi) is 2.93. The van der Waals surface area contributed by atoms with Gasteiger partial charge in [-0.25, -0.2) is 0 Å². The average Bonchev–Trinajstić information content (AvgIpc) is 2.61. The summed E-state index contributed by atoms with van der Waals surface area (Å²) < 4.78 is 2.63. The van der Waals surface area contributed by atoms with E-state index in [1.165, 1.54) is 19.3 Å². The Morgan fingerprint density at radius 3 is 2.73 bits per heavy atom. The van der Waals surface area contributed by atoms with Gasteiger partial charge in [0.05, 0.1) is 0 Å². The minimum absolute atomic E-state index is 0.0421. The molecule has 2 N–H and O–H groups in total. The third-order valence-corrected chi connectivity index (χ3v) is 3.63. The highest BCUT2D eigenvalue weighted by Crippen LogP contribution is 2.35. The first-order valence-corrected chi connectivity index (χ1v) is 5.86. The number of hydrogen-bond donors (Lipinski definition) is 2. The van der Waals surface area contributed by atoms with Crippen molar-refractivity contribution in [3.05, 3.63) is 10.6 Å². The maximum Gasteiger partial charge on any atom is 0.195 e. The fraction of sp³-hybridized carbons (Fsp3) is 0.800. The highest BCUT2D eigenvalue weighted by Gasteiger charge is 2.31. The molecule has 0 spiro atoms. The Morgan fingerprint density at radius 2 is 2.13 bits per heavy atom. The predicted octanol–water partition coefficient (Wildman–Crippen LogP) is 2.11. The van der Waals surface area contributed by atoms with Gasteiger partial charge in [0.15, 0.2) is 10.6 Å². The molecule has 0 amide bonds. The van der Waals surface area contributed by atoms with Crippen molar-refractivity contribution in [1.82, 2.24) is 14.8 Å². The van der Waals surface area contributed by atoms with Gasteiger partial charge in [0, 0.05) is 5.54 Å². The molecule has 0 unspecified atom stereocenters. The molecule has 15 heavy (non-hydrogen) atoms. The molecule has 0 saturated heterocycles. The maximum atomic E-state index is 9.23. The van der Waals surface area contributed by atoms with Gasteiger partial charge in [-0.1, -0.05) is 19.3 Å². The normalized spacial score (nSPS) is 20.4. The first-order chi connectivity index (χ1) is 7.17. The molecule has 5 heteroatoms. The molecule has 1 aliphatic rings. The molecule has 1 fully saturated rings. The highest BCUT2D eigenvalue weighted by molar-refractivity contribution is 7.71. The van der Waals surface area contributed by atoms with Crippen LogP contribution in [0.1, 0.15) is 44.9 Å². The van der Waals surface area contributed by atoms with Gasteiger partial charge in [0.25, 0.3) is 0 Å². The first kappa shape index (κ1) is 10.8. The summed E-state index contributed by atoms with van der Waals surface area (Å²) in [4.78, 5) is 0. The SMILES string of the molecule is CC1(n2c(CO)n[nH]c2=S)CCCCC1. The van der Waals surface area contributed by atoms with E-state index in [9.17, 15) is 5.11 Å². The minimum Gasteiger partial charge on any atom is -0.388 e. The number of rotatable bonds is 2. The molecular weight excluding hydrogens is 210 g/mol. The summed E-state index contributed by atoms with van der Waals surface area (Å²) in [6.07, 6.45) is 6.00. The van der Waals surface area contributed by atoms with Crippen molar-refractivity contribution in [3.63, 3.8) is 0 Å². The molecular formula is C10H17N3OS. The van der Waals surface area contributed by atoms with E-state index < -0.39 is 0 Å². The fourth-order valence-corrected chi connectivity index (χ4v) is 2.90. The van der Waals surface area contributed by atoms with Crippen molar-refractivity contribution in [3.8, 4) is 0 Å². The number of aliphatic hydroxyl groups excluding tert-OH is 1. The van der Waals surface area contributed by atoms with Gasteiger partial charge in [-0.05, 0) is 32.0 Å². The van der Waals surface area contributed by atoms with Crippen molar-refractivity contribution >= 4 is 12.2 Å². The molecule has 1 saturated carbocycles. The van der Waals surface area contributed by atoms with E-state index in [4.69, 9.17) is 12.2 Å². The first-order valence-electron chi connectivity index (χ1n) is 5.45. The largest absolute Gasteiger partial charge is 0.388 e. The predicted molar refractivity (Wildman–Crippen MR) is 60.1 cm³/mol. The van der Waals surface area contributed by atoms with E-state index in [0.29, 0.717) is 10.6 Å². The lowest BCUT2D eigenvalue weighted by Gasteiger charge is -2.35. The molecule has 0 atom stereocenters. The van der Waals surface area contributed by atoms with Crippen LogP contribution in [0.15, 0.2) is 0 Å². The molecule has 1 aliphatic carbocycles. The third-order valence-electron chi connectivity index (χ3n) is 3.35. The number of aromatic nitrogens is 3. The lowest BCUT2D eigenvalue weighted by atomic mass is 9.83. The van der Waals surface area contributed by atoms with Gasteiger partial charge >= 0.3 is 0 Å². The van der Waals surface area contributed by atoms with Crippen LogP contribution in [0.3, 0.4) is 0 Å². The van der Waals surface area contributed by atoms with E-state index >= 15 is 0 Å². The number of aliphatic hydroxyl groups is 1. The van der Waals surface area contributed by atoms with Crippen LogP contribution in [-0.2, 0) is 12.1 Å². The number of hydrogen-bond acceptors (Lipinski definition) is 3. The average molecular weight is 227 g/mol. The fourth-order valence-electron chi connectivity index (χ4n) is 2.53. The van der Waals surface area contributed by atoms with E-state index in [-0.39, 0.29) is 12.1 Å². The van der Waals surface area contributed by atoms with Crippen LogP contribution < -0.4 is 0 Å². The molecule has 4 nitrogen and oxygen atoms in total. The molecule has 1 heterocycles. The van der Waals surface area contributed by atoms with E-state index in [2.05, 4.69) is 17.1 Å². The smallest absolute Gasteiger partial charge is 0.195 e. The van der Waals surface area contributed by atoms with Gasteiger partial charge < -0.3 is 5.11 Å². The van der Waals surface area contributed by atoms with Gasteiger partial charge in [0.2, 0.25) is 0 Å². The molecule has 1 aromatic heterocycles. The van der Waals surface area contributed by atoms with E-state index in [0.717, 1.165) is 12.8 Å². The van der Waals surface area contributed by atoms with Crippen LogP contribution >= 0.6 is 12.2 Å². The highest BCUT2D eigenvalue weighted by atomic mass is 32.1. The Balaban J connectivity index is 2.42. The maximum absolute atomic E-state index is 9.23. The summed E-state index contributed by atoms with van der Waals surface area (Å²) in [5, 5.41) is 16.0. The lowest BCUT2D eigenvalue weighted by Crippen LogP contribution is -2.34. The van der Waals surface area contributed by atoms with Gasteiger partial charge in [-0.2, -0.15) is 5.10 Å². The van der Waals surface area contributed by atoms with Crippen molar-refractivity contribution in [2.45, 2.75) is 51.2 Å². The van der Waals surface area contributed by atoms with Gasteiger partial charge in [0.1, 0.15) is 6.61 Å². The molecule has 84 valence electrons. The minimum atomic E-state index is -0.0528. The summed E-state index contributed by atoms with van der Waals surface area (Å²) in [6, 6.07) is 0. The number of H-pyrrole nitrogens is 1. The molecule has 0 bridgehead atoms. The second-order valence-electron chi connectivity index (χ2n) is 4.50. The summed E-state index contributed by atoms with van der Waals surface area (Å²) >= 11 is 5.23. The van der Waals surface area contributed by atoms with Gasteiger partial charge in [-0.15, -0.1) is 0 Å². The zero-order valence-corrected chi connectivity index (χ0v) is 9.81. The Morgan fingerprint density at radius 1 is 1.47 bits per heavy atom. The number of nitrogens with zero attached hydrogens (tertiary/aromatic N) is 2. The zero-order valence-electron chi connectivity index (χ0n) is 8.99. The Labute approximate surface area is 94.3 Å². The molecule has 2 rings (SSSR count). The second kappa shape index (κ2) is 4.06. The topological polar surface area (TPSA) is 53.8 Å². The standard InChI is InChI=1S/C10H17N3OS/c1-10(5-3-2-4-6-10)13-8(7-14)11-12-9(13)15/h14H,2-7H2,1H3,(H,12,15). The molecule has 1 aromatic rings. The summed E-state index contributed by atoms with van der Waals surface area (Å²) in [7, 11) is 0. The van der Waals surface area contributed by atoms with Gasteiger partial charge in [-0.3, -0.25) is 9.67 Å². The van der Waals surface area contributed by atoms with Crippen molar-refractivity contribution in [1.29, 1.82) is 0 Å². The second-order valence-corrected chi connectivity index (χ2v) is 4.88. The summed E-state index contributed by atoms with van der Waals surface area (Å²) in [5.41, 5.74) is 0.0421. The number of aromatic amines is 1. The van der Waals surface area contributed by atoms with Crippen molar-refractivity contribution in [2.24, 2.45) is 0 Å². The van der Waals surface area contributed by atoms with Crippen LogP contribution in [0.4, 0.5) is 0 Å². The zero-order chi connectivity index (χ0) is 10.9. The Hall–Kier alpha value is -0.680. The quantitative estimate of drug-likeness (QED) is 0.761. The summed E-state index contributed by atoms with van der Waals surface area (Å²) in [6.45, 7) is 2.15. The van der Waals surface area contributed by atoms with Crippen LogP contribution in [0.2, 0.25) is 0 Å². The molecule has 0 aromatic carbocycles. The molecule has 0 radical (unpaired) electrons. The van der Waals surface area contributed by atoms with Crippen molar-refractivity contribution < 1.29 is 5.11 Å². The number of nitrogens with one attached hydrogen (secondary N) is 1. The van der Waals surface area contributed by atoms with E-state index in [1.807, 2.05) is 4.57 Å². The Bertz CT molecular complexity index is 390. The monoisotopic (exact) mass is 227 g/mol. The lowest BCUT2D eigenvalue weighted by molar-refractivity contribution is 0.189. The van der Waals surface area contributed by atoms with Crippen LogP contribution in [0.5, 0.6) is 0 Å². The summed E-state index contributed by atoms with van der Waals surface area (Å²) in [5.74, 6) is 0.657. The van der Waals surface area contributed by atoms with Crippen LogP contribution in [0.25, 0.3) is 0 Å². The van der Waals surface area contributed by atoms with Crippen LogP contribution in [0, 0.1) is 4.77 Å².